The van der Waals surface area contributed by atoms with Gasteiger partial charge < -0.3 is 14.6 Å². The minimum Gasteiger partial charge on any atom is -0.492 e. The first-order valence-electron chi connectivity index (χ1n) is 9.03. The zero-order valence-corrected chi connectivity index (χ0v) is 17.5. The summed E-state index contributed by atoms with van der Waals surface area (Å²) in [6, 6.07) is 4.29. The summed E-state index contributed by atoms with van der Waals surface area (Å²) < 4.78 is 34.0. The number of aryl methyl sites for hydroxylation is 1. The Balaban J connectivity index is 1.94. The van der Waals surface area contributed by atoms with Crippen LogP contribution in [0.5, 0.6) is 5.75 Å². The number of hydrogen-bond acceptors (Lipinski definition) is 5. The molecule has 0 radical (unpaired) electrons. The zero-order valence-electron chi connectivity index (χ0n) is 16.0. The molecule has 1 amide bonds. The van der Waals surface area contributed by atoms with Crippen molar-refractivity contribution in [3.8, 4) is 5.75 Å². The number of sulfonamides is 1. The molecule has 1 heterocycles. The quantitative estimate of drug-likeness (QED) is 0.553. The van der Waals surface area contributed by atoms with E-state index in [0.717, 1.165) is 17.3 Å². The molecule has 0 saturated heterocycles. The number of hydrogen-bond donors (Lipinski definition) is 1. The van der Waals surface area contributed by atoms with Crippen molar-refractivity contribution in [1.29, 1.82) is 0 Å². The molecular formula is C18H25ClN4O4S. The maximum absolute atomic E-state index is 12.8. The van der Waals surface area contributed by atoms with Crippen molar-refractivity contribution in [1.82, 2.24) is 19.2 Å². The van der Waals surface area contributed by atoms with Crippen LogP contribution in [0.15, 0.2) is 41.8 Å². The van der Waals surface area contributed by atoms with E-state index in [0.29, 0.717) is 18.9 Å². The van der Waals surface area contributed by atoms with Crippen molar-refractivity contribution >= 4 is 27.5 Å². The van der Waals surface area contributed by atoms with E-state index < -0.39 is 10.0 Å². The number of ether oxygens (including phenoxy) is 1. The third-order valence-corrected chi connectivity index (χ3v) is 6.20. The first-order valence-corrected chi connectivity index (χ1v) is 10.8. The molecule has 10 heteroatoms. The van der Waals surface area contributed by atoms with E-state index in [9.17, 15) is 13.2 Å². The largest absolute Gasteiger partial charge is 0.492 e. The molecule has 0 saturated carbocycles. The smallest absolute Gasteiger partial charge is 0.243 e. The van der Waals surface area contributed by atoms with Gasteiger partial charge in [-0.15, -0.1) is 0 Å². The van der Waals surface area contributed by atoms with Crippen molar-refractivity contribution in [2.24, 2.45) is 0 Å². The molecule has 0 spiro atoms. The first kappa shape index (κ1) is 22.2. The predicted molar refractivity (Wildman–Crippen MR) is 107 cm³/mol. The lowest BCUT2D eigenvalue weighted by molar-refractivity contribution is -0.121. The molecule has 8 nitrogen and oxygen atoms in total. The molecule has 28 heavy (non-hydrogen) atoms. The number of benzene rings is 1. The second kappa shape index (κ2) is 10.4. The molecule has 0 atom stereocenters. The van der Waals surface area contributed by atoms with Gasteiger partial charge in [0.25, 0.3) is 0 Å². The molecule has 0 fully saturated rings. The van der Waals surface area contributed by atoms with Crippen LogP contribution in [-0.2, 0) is 21.4 Å². The highest BCUT2D eigenvalue weighted by molar-refractivity contribution is 7.89. The average Bonchev–Trinajstić information content (AvgIpc) is 3.18. The number of nitrogens with one attached hydrogen (secondary N) is 1. The molecule has 154 valence electrons. The maximum Gasteiger partial charge on any atom is 0.243 e. The monoisotopic (exact) mass is 428 g/mol. The third-order valence-electron chi connectivity index (χ3n) is 3.99. The number of nitrogens with zero attached hydrogens (tertiary/aromatic N) is 3. The second-order valence-electron chi connectivity index (χ2n) is 5.96. The summed E-state index contributed by atoms with van der Waals surface area (Å²) in [4.78, 5) is 16.1. The molecule has 2 rings (SSSR count). The van der Waals surface area contributed by atoms with Gasteiger partial charge >= 0.3 is 0 Å². The van der Waals surface area contributed by atoms with Gasteiger partial charge in [0.1, 0.15) is 5.75 Å². The van der Waals surface area contributed by atoms with Crippen molar-refractivity contribution < 1.29 is 17.9 Å². The van der Waals surface area contributed by atoms with Gasteiger partial charge in [-0.2, -0.15) is 4.31 Å². The van der Waals surface area contributed by atoms with Crippen LogP contribution in [-0.4, -0.2) is 54.4 Å². The molecule has 0 unspecified atom stereocenters. The van der Waals surface area contributed by atoms with E-state index in [2.05, 4.69) is 10.3 Å². The SMILES string of the molecule is CCOc1ccc(S(=O)(=O)N(CC)CC(=O)NCCCn2ccnc2)cc1Cl. The van der Waals surface area contributed by atoms with Crippen LogP contribution in [0.25, 0.3) is 0 Å². The van der Waals surface area contributed by atoms with Crippen LogP contribution in [0.3, 0.4) is 0 Å². The normalized spacial score (nSPS) is 11.6. The molecular weight excluding hydrogens is 404 g/mol. The van der Waals surface area contributed by atoms with Crippen LogP contribution in [0.4, 0.5) is 0 Å². The highest BCUT2D eigenvalue weighted by Gasteiger charge is 2.26. The Bertz CT molecular complexity index is 872. The molecule has 0 aliphatic carbocycles. The van der Waals surface area contributed by atoms with Gasteiger partial charge in [-0.3, -0.25) is 4.79 Å². The van der Waals surface area contributed by atoms with Gasteiger partial charge in [0.2, 0.25) is 15.9 Å². The fraction of sp³-hybridized carbons (Fsp3) is 0.444. The first-order chi connectivity index (χ1) is 13.4. The minimum absolute atomic E-state index is 0.0238. The van der Waals surface area contributed by atoms with E-state index in [4.69, 9.17) is 16.3 Å². The van der Waals surface area contributed by atoms with Crippen molar-refractivity contribution in [2.75, 3.05) is 26.2 Å². The lowest BCUT2D eigenvalue weighted by atomic mass is 10.3. The Hall–Kier alpha value is -2.10. The molecule has 0 aliphatic rings. The maximum atomic E-state index is 12.8. The number of rotatable bonds is 11. The third kappa shape index (κ3) is 5.95. The van der Waals surface area contributed by atoms with Crippen LogP contribution >= 0.6 is 11.6 Å². The Labute approximate surface area is 170 Å². The Morgan fingerprint density at radius 2 is 2.14 bits per heavy atom. The molecule has 1 aromatic heterocycles. The number of amides is 1. The number of carbonyl (C=O) groups excluding carboxylic acids is 1. The highest BCUT2D eigenvalue weighted by atomic mass is 35.5. The molecule has 1 N–H and O–H groups in total. The summed E-state index contributed by atoms with van der Waals surface area (Å²) in [6.07, 6.45) is 5.95. The van der Waals surface area contributed by atoms with E-state index in [-0.39, 0.29) is 28.9 Å². The van der Waals surface area contributed by atoms with Crippen LogP contribution in [0.1, 0.15) is 20.3 Å². The number of imidazole rings is 1. The Kier molecular flexibility index (Phi) is 8.28. The summed E-state index contributed by atoms with van der Waals surface area (Å²) >= 11 is 6.10. The van der Waals surface area contributed by atoms with Gasteiger partial charge in [0.05, 0.1) is 29.4 Å². The number of likely N-dealkylation sites (N-methyl/N-ethyl adjacent to an activating group) is 1. The lowest BCUT2D eigenvalue weighted by Gasteiger charge is -2.20. The van der Waals surface area contributed by atoms with E-state index in [1.807, 2.05) is 17.7 Å². The lowest BCUT2D eigenvalue weighted by Crippen LogP contribution is -2.40. The average molecular weight is 429 g/mol. The number of halogens is 1. The van der Waals surface area contributed by atoms with E-state index in [1.165, 1.54) is 18.2 Å². The summed E-state index contributed by atoms with van der Waals surface area (Å²) in [5.41, 5.74) is 0. The summed E-state index contributed by atoms with van der Waals surface area (Å²) in [7, 11) is -3.85. The standard InChI is InChI=1S/C18H25ClN4O4S/c1-3-23(13-18(24)21-8-5-10-22-11-9-20-14-22)28(25,26)15-6-7-17(27-4-2)16(19)12-15/h6-7,9,11-12,14H,3-5,8,10,13H2,1-2H3,(H,21,24). The summed E-state index contributed by atoms with van der Waals surface area (Å²) in [5.74, 6) is 0.0647. The van der Waals surface area contributed by atoms with Gasteiger partial charge in [0, 0.05) is 32.0 Å². The van der Waals surface area contributed by atoms with Crippen molar-refractivity contribution in [2.45, 2.75) is 31.7 Å². The zero-order chi connectivity index (χ0) is 20.6. The molecule has 1 aromatic carbocycles. The topological polar surface area (TPSA) is 93.5 Å². The number of carbonyl (C=O) groups is 1. The molecule has 0 bridgehead atoms. The van der Waals surface area contributed by atoms with E-state index in [1.54, 1.807) is 19.4 Å². The molecule has 2 aromatic rings. The van der Waals surface area contributed by atoms with Gasteiger partial charge in [-0.25, -0.2) is 13.4 Å². The van der Waals surface area contributed by atoms with Crippen LogP contribution in [0, 0.1) is 0 Å². The summed E-state index contributed by atoms with van der Waals surface area (Å²) in [6.45, 7) is 5.00. The second-order valence-corrected chi connectivity index (χ2v) is 8.31. The van der Waals surface area contributed by atoms with Crippen molar-refractivity contribution in [3.63, 3.8) is 0 Å². The van der Waals surface area contributed by atoms with Gasteiger partial charge in [0.15, 0.2) is 0 Å². The number of aromatic nitrogens is 2. The molecule has 0 aliphatic heterocycles. The van der Waals surface area contributed by atoms with Gasteiger partial charge in [-0.05, 0) is 31.5 Å². The van der Waals surface area contributed by atoms with Crippen LogP contribution < -0.4 is 10.1 Å². The minimum atomic E-state index is -3.85. The fourth-order valence-corrected chi connectivity index (χ4v) is 4.29. The highest BCUT2D eigenvalue weighted by Crippen LogP contribution is 2.28. The fourth-order valence-electron chi connectivity index (χ4n) is 2.55. The predicted octanol–water partition coefficient (Wildman–Crippen LogP) is 2.15. The Morgan fingerprint density at radius 3 is 2.75 bits per heavy atom. The van der Waals surface area contributed by atoms with Crippen molar-refractivity contribution in [3.05, 3.63) is 41.9 Å². The van der Waals surface area contributed by atoms with Crippen LogP contribution in [0.2, 0.25) is 5.02 Å². The van der Waals surface area contributed by atoms with E-state index >= 15 is 0 Å². The van der Waals surface area contributed by atoms with Gasteiger partial charge in [-0.1, -0.05) is 18.5 Å². The Morgan fingerprint density at radius 1 is 1.36 bits per heavy atom. The summed E-state index contributed by atoms with van der Waals surface area (Å²) in [5, 5.41) is 2.96.